The van der Waals surface area contributed by atoms with Crippen molar-refractivity contribution in [2.75, 3.05) is 39.5 Å². The molecule has 24 nitrogen and oxygen atoms in total. The highest BCUT2D eigenvalue weighted by molar-refractivity contribution is 6.31. The monoisotopic (exact) mass is 1360 g/mol. The van der Waals surface area contributed by atoms with Gasteiger partial charge < -0.3 is 73.9 Å². The van der Waals surface area contributed by atoms with Crippen LogP contribution in [0.4, 0.5) is 26.3 Å². The van der Waals surface area contributed by atoms with E-state index in [9.17, 15) is 84.8 Å². The number of hydrogen-bond donors (Lipinski definition) is 6. The number of ether oxygens (including phenoxy) is 3. The Labute approximate surface area is 536 Å². The molecule has 3 aromatic carbocycles. The number of fused-ring (bicyclic) bond motifs is 9. The van der Waals surface area contributed by atoms with Crippen LogP contribution in [-0.2, 0) is 33.8 Å². The highest BCUT2D eigenvalue weighted by atomic mass is 35.5. The Balaban J connectivity index is 0.000000153. The molecule has 0 bridgehead atoms. The van der Waals surface area contributed by atoms with Gasteiger partial charge in [-0.3, -0.25) is 43.2 Å². The number of aromatic nitrogens is 3. The van der Waals surface area contributed by atoms with Crippen molar-refractivity contribution in [2.45, 2.75) is 96.5 Å². The number of aromatic hydroxyl groups is 3. The molecule has 9 heterocycles. The fraction of sp³-hybridized carbons (Fsp3) is 0.350. The molecule has 0 radical (unpaired) electrons. The molecule has 0 unspecified atom stereocenters. The molecule has 0 aliphatic carbocycles. The topological polar surface area (TPSA) is 303 Å². The van der Waals surface area contributed by atoms with Gasteiger partial charge in [0.2, 0.25) is 16.3 Å². The maximum atomic E-state index is 14.1. The molecule has 3 saturated heterocycles. The first-order valence-corrected chi connectivity index (χ1v) is 29.8. The summed E-state index contributed by atoms with van der Waals surface area (Å²) in [6.07, 6.45) is 3.46. The smallest absolute Gasteiger partial charge is 0.276 e. The van der Waals surface area contributed by atoms with Crippen LogP contribution in [0.1, 0.15) is 137 Å². The lowest BCUT2D eigenvalue weighted by Crippen LogP contribution is -2.50. The SMILES string of the molecule is CCN1C(=O)c2c(O)c(=O)c(C(=O)NCc3ccc(F)c(Cl)c3F)cn2[C@@H]2CCO[C@@H]21.CCN1C(=O)c2c(O)c(=O)c(C(=O)NCc3ccc(F)c(Cl)c3F)cn2[C@@H]2CCO[C@@H]21.CCN1C(=O)c2c(O)c(=O)c(C(=O)NCc3ccc(F)c(Cl)c3F)cn2[C@H]2CCO[C@H]21. The van der Waals surface area contributed by atoms with Crippen LogP contribution in [0.3, 0.4) is 0 Å². The van der Waals surface area contributed by atoms with Gasteiger partial charge in [-0.15, -0.1) is 0 Å². The molecular formula is C60H54Cl3F6N9O15. The molecule has 6 atom stereocenters. The van der Waals surface area contributed by atoms with Crippen LogP contribution >= 0.6 is 34.8 Å². The molecule has 6 aliphatic heterocycles. The Morgan fingerprint density at radius 2 is 0.699 bits per heavy atom. The van der Waals surface area contributed by atoms with E-state index in [1.54, 1.807) is 20.8 Å². The van der Waals surface area contributed by atoms with E-state index in [2.05, 4.69) is 16.0 Å². The van der Waals surface area contributed by atoms with Crippen molar-refractivity contribution >= 4 is 70.2 Å². The number of benzene rings is 3. The molecule has 6 N–H and O–H groups in total. The van der Waals surface area contributed by atoms with Gasteiger partial charge in [-0.25, -0.2) is 26.3 Å². The first-order valence-electron chi connectivity index (χ1n) is 28.7. The van der Waals surface area contributed by atoms with Crippen molar-refractivity contribution in [2.24, 2.45) is 0 Å². The summed E-state index contributed by atoms with van der Waals surface area (Å²) in [5.41, 5.74) is -5.19. The average molecular weight is 1360 g/mol. The third-order valence-electron chi connectivity index (χ3n) is 16.5. The lowest BCUT2D eigenvalue weighted by molar-refractivity contribution is -0.0333. The molecule has 0 saturated carbocycles. The van der Waals surface area contributed by atoms with Crippen LogP contribution in [-0.4, -0.2) is 137 Å². The van der Waals surface area contributed by atoms with Gasteiger partial charge in [0.1, 0.15) is 66.7 Å². The van der Waals surface area contributed by atoms with Gasteiger partial charge in [0.15, 0.2) is 53.0 Å². The van der Waals surface area contributed by atoms with Gasteiger partial charge in [0.05, 0.1) is 37.9 Å². The lowest BCUT2D eigenvalue weighted by atomic mass is 10.1. The second-order valence-electron chi connectivity index (χ2n) is 21.6. The minimum absolute atomic E-state index is 0.0833. The fourth-order valence-corrected chi connectivity index (χ4v) is 12.4. The molecular weight excluding hydrogens is 1310 g/mol. The lowest BCUT2D eigenvalue weighted by Gasteiger charge is -2.38. The van der Waals surface area contributed by atoms with Crippen molar-refractivity contribution in [1.29, 1.82) is 0 Å². The predicted molar refractivity (Wildman–Crippen MR) is 315 cm³/mol. The number of rotatable bonds is 12. The summed E-state index contributed by atoms with van der Waals surface area (Å²) in [5.74, 6) is -12.8. The predicted octanol–water partition coefficient (Wildman–Crippen LogP) is 6.54. The van der Waals surface area contributed by atoms with E-state index < -0.39 is 154 Å². The number of halogens is 9. The Bertz CT molecular complexity index is 3880. The van der Waals surface area contributed by atoms with Crippen molar-refractivity contribution in [3.8, 4) is 17.2 Å². The van der Waals surface area contributed by atoms with Crippen LogP contribution in [0.15, 0.2) is 69.4 Å². The highest BCUT2D eigenvalue weighted by Crippen LogP contribution is 2.40. The second-order valence-corrected chi connectivity index (χ2v) is 22.7. The summed E-state index contributed by atoms with van der Waals surface area (Å²) in [6.45, 7) is 6.23. The largest absolute Gasteiger partial charge is 0.503 e. The third-order valence-corrected chi connectivity index (χ3v) is 17.6. The summed E-state index contributed by atoms with van der Waals surface area (Å²) < 4.78 is 103. The van der Waals surface area contributed by atoms with Crippen LogP contribution in [0.2, 0.25) is 15.1 Å². The molecule has 93 heavy (non-hydrogen) atoms. The van der Waals surface area contributed by atoms with Gasteiger partial charge in [-0.2, -0.15) is 0 Å². The molecule has 0 spiro atoms. The number of carbonyl (C=O) groups is 6. The van der Waals surface area contributed by atoms with Crippen molar-refractivity contribution in [1.82, 2.24) is 44.4 Å². The zero-order chi connectivity index (χ0) is 67.3. The molecule has 3 fully saturated rings. The normalized spacial score (nSPS) is 19.9. The molecule has 6 aliphatic rings. The summed E-state index contributed by atoms with van der Waals surface area (Å²) in [5, 5.41) is 36.3. The van der Waals surface area contributed by atoms with Gasteiger partial charge >= 0.3 is 0 Å². The maximum Gasteiger partial charge on any atom is 0.276 e. The van der Waals surface area contributed by atoms with E-state index in [4.69, 9.17) is 49.0 Å². The average Bonchev–Trinajstić information content (AvgIpc) is 1.74. The fourth-order valence-electron chi connectivity index (χ4n) is 11.8. The first kappa shape index (κ1) is 67.0. The zero-order valence-electron chi connectivity index (χ0n) is 49.0. The summed E-state index contributed by atoms with van der Waals surface area (Å²) in [4.78, 5) is 118. The molecule has 6 aromatic rings. The number of carbonyl (C=O) groups excluding carboxylic acids is 6. The van der Waals surface area contributed by atoms with Crippen LogP contribution in [0.5, 0.6) is 17.2 Å². The number of amides is 6. The van der Waals surface area contributed by atoms with Crippen LogP contribution < -0.4 is 32.2 Å². The number of hydrogen-bond acceptors (Lipinski definition) is 15. The van der Waals surface area contributed by atoms with E-state index in [-0.39, 0.29) is 71.5 Å². The van der Waals surface area contributed by atoms with E-state index >= 15 is 0 Å². The number of nitrogens with zero attached hydrogens (tertiary/aromatic N) is 6. The Morgan fingerprint density at radius 1 is 0.452 bits per heavy atom. The third kappa shape index (κ3) is 12.0. The number of nitrogens with one attached hydrogen (secondary N) is 3. The molecule has 12 rings (SSSR count). The molecule has 492 valence electrons. The molecule has 6 amide bonds. The quantitative estimate of drug-likeness (QED) is 0.0560. The van der Waals surface area contributed by atoms with E-state index in [0.717, 1.165) is 36.4 Å². The van der Waals surface area contributed by atoms with Crippen LogP contribution in [0, 0.1) is 34.9 Å². The standard InChI is InChI=1S/3C20H18ClF2N3O5/c3*1-2-25-19(30)15-17(28)16(27)10(8-26(15)12-5-6-31-20(12)25)18(29)24-7-9-3-4-11(22)13(21)14(9)23/h3*3-4,8,12,20,28H,2,5-7H2,1H3,(H,24,29)/t3*12-,20+/m110/s1. The van der Waals surface area contributed by atoms with Gasteiger partial charge in [-0.05, 0) is 58.2 Å². The Hall–Kier alpha value is -8.94. The van der Waals surface area contributed by atoms with Crippen molar-refractivity contribution in [3.63, 3.8) is 0 Å². The van der Waals surface area contributed by atoms with Gasteiger partial charge in [0, 0.05) is 74.5 Å². The summed E-state index contributed by atoms with van der Waals surface area (Å²) >= 11 is 16.6. The first-order chi connectivity index (χ1) is 44.3. The number of likely N-dealkylation sites (N-methyl/N-ethyl adjacent to an activating group) is 3. The summed E-state index contributed by atoms with van der Waals surface area (Å²) in [7, 11) is 0. The van der Waals surface area contributed by atoms with E-state index in [0.29, 0.717) is 58.7 Å². The molecule has 33 heteroatoms. The van der Waals surface area contributed by atoms with Crippen molar-refractivity contribution < 1.29 is 84.6 Å². The van der Waals surface area contributed by atoms with Gasteiger partial charge in [-0.1, -0.05) is 53.0 Å². The Morgan fingerprint density at radius 3 is 0.935 bits per heavy atom. The minimum Gasteiger partial charge on any atom is -0.503 e. The zero-order valence-corrected chi connectivity index (χ0v) is 51.2. The van der Waals surface area contributed by atoms with Crippen molar-refractivity contribution in [3.05, 3.63) is 186 Å². The maximum absolute atomic E-state index is 14.1. The van der Waals surface area contributed by atoms with Crippen LogP contribution in [0.25, 0.3) is 0 Å². The van der Waals surface area contributed by atoms with E-state index in [1.165, 1.54) is 47.0 Å². The minimum atomic E-state index is -1.02. The highest BCUT2D eigenvalue weighted by Gasteiger charge is 2.48. The molecule has 3 aromatic heterocycles. The van der Waals surface area contributed by atoms with Gasteiger partial charge in [0.25, 0.3) is 35.4 Å². The summed E-state index contributed by atoms with van der Waals surface area (Å²) in [6, 6.07) is 5.09. The second kappa shape index (κ2) is 27.0. The number of pyridine rings is 3. The Kier molecular flexibility index (Phi) is 19.4. The van der Waals surface area contributed by atoms with E-state index in [1.807, 2.05) is 0 Å².